The van der Waals surface area contributed by atoms with Crippen LogP contribution in [0.1, 0.15) is 17.4 Å². The third kappa shape index (κ3) is 3.96. The largest absolute Gasteiger partial charge is 0.412 e. The molecule has 9 heteroatoms. The second-order valence-electron chi connectivity index (χ2n) is 4.45. The molecule has 0 spiro atoms. The van der Waals surface area contributed by atoms with Gasteiger partial charge in [-0.1, -0.05) is 17.3 Å². The number of carbonyl (C=O) groups is 1. The number of alkyl halides is 3. The van der Waals surface area contributed by atoms with E-state index in [1.165, 1.54) is 6.07 Å². The van der Waals surface area contributed by atoms with Crippen molar-refractivity contribution in [1.29, 1.82) is 0 Å². The lowest BCUT2D eigenvalue weighted by Crippen LogP contribution is -2.40. The number of anilines is 1. The highest BCUT2D eigenvalue weighted by atomic mass is 19.4. The van der Waals surface area contributed by atoms with Gasteiger partial charge in [0.15, 0.2) is 11.9 Å². The summed E-state index contributed by atoms with van der Waals surface area (Å²) in [4.78, 5) is 11.6. The van der Waals surface area contributed by atoms with E-state index >= 15 is 0 Å². The van der Waals surface area contributed by atoms with E-state index < -0.39 is 24.1 Å². The lowest BCUT2D eigenvalue weighted by molar-refractivity contribution is -0.154. The van der Waals surface area contributed by atoms with Crippen molar-refractivity contribution < 1.29 is 26.9 Å². The van der Waals surface area contributed by atoms with Crippen LogP contribution in [0, 0.1) is 12.7 Å². The van der Waals surface area contributed by atoms with Crippen LogP contribution < -0.4 is 10.6 Å². The average molecular weight is 317 g/mol. The first-order chi connectivity index (χ1) is 10.3. The number of aromatic nitrogens is 1. The zero-order chi connectivity index (χ0) is 16.3. The van der Waals surface area contributed by atoms with Crippen molar-refractivity contribution in [2.75, 3.05) is 5.32 Å². The predicted molar refractivity (Wildman–Crippen MR) is 68.6 cm³/mol. The maximum Gasteiger partial charge on any atom is 0.412 e. The molecule has 118 valence electrons. The molecule has 0 radical (unpaired) electrons. The number of rotatable bonds is 3. The van der Waals surface area contributed by atoms with Gasteiger partial charge >= 0.3 is 12.2 Å². The number of aryl methyl sites for hydroxylation is 1. The van der Waals surface area contributed by atoms with Crippen LogP contribution in [-0.4, -0.2) is 17.4 Å². The summed E-state index contributed by atoms with van der Waals surface area (Å²) in [6, 6.07) is 1.63. The van der Waals surface area contributed by atoms with E-state index in [1.807, 2.05) is 0 Å². The van der Waals surface area contributed by atoms with Gasteiger partial charge < -0.3 is 9.84 Å². The number of hydrogen-bond acceptors (Lipinski definition) is 3. The van der Waals surface area contributed by atoms with E-state index in [0.29, 0.717) is 5.76 Å². The third-order valence-electron chi connectivity index (χ3n) is 2.68. The summed E-state index contributed by atoms with van der Waals surface area (Å²) in [6.45, 7) is 1.56. The van der Waals surface area contributed by atoms with Crippen molar-refractivity contribution in [2.24, 2.45) is 0 Å². The van der Waals surface area contributed by atoms with E-state index in [2.05, 4.69) is 15.0 Å². The highest BCUT2D eigenvalue weighted by Crippen LogP contribution is 2.32. The summed E-state index contributed by atoms with van der Waals surface area (Å²) in [5, 5.41) is 7.32. The van der Waals surface area contributed by atoms with Gasteiger partial charge in [0.1, 0.15) is 11.6 Å². The molecule has 0 unspecified atom stereocenters. The van der Waals surface area contributed by atoms with Crippen molar-refractivity contribution in [3.05, 3.63) is 47.5 Å². The summed E-state index contributed by atoms with van der Waals surface area (Å²) < 4.78 is 56.6. The third-order valence-corrected chi connectivity index (χ3v) is 2.68. The van der Waals surface area contributed by atoms with Gasteiger partial charge in [0.25, 0.3) is 0 Å². The summed E-state index contributed by atoms with van der Waals surface area (Å²) in [5.41, 5.74) is -0.291. The molecule has 1 atom stereocenters. The fourth-order valence-electron chi connectivity index (χ4n) is 1.72. The first-order valence-corrected chi connectivity index (χ1v) is 6.09. The summed E-state index contributed by atoms with van der Waals surface area (Å²) in [6.07, 6.45) is -4.74. The van der Waals surface area contributed by atoms with Crippen molar-refractivity contribution in [3.63, 3.8) is 0 Å². The van der Waals surface area contributed by atoms with Crippen LogP contribution in [-0.2, 0) is 0 Å². The lowest BCUT2D eigenvalue weighted by atomic mass is 10.1. The molecule has 1 aromatic carbocycles. The minimum Gasteiger partial charge on any atom is -0.360 e. The number of hydrogen-bond donors (Lipinski definition) is 2. The smallest absolute Gasteiger partial charge is 0.360 e. The number of nitrogens with zero attached hydrogens (tertiary/aromatic N) is 1. The molecule has 0 saturated heterocycles. The van der Waals surface area contributed by atoms with Crippen LogP contribution in [0.4, 0.5) is 28.2 Å². The molecule has 22 heavy (non-hydrogen) atoms. The van der Waals surface area contributed by atoms with Crippen LogP contribution in [0.5, 0.6) is 0 Å². The molecule has 5 nitrogen and oxygen atoms in total. The molecule has 2 aromatic rings. The first-order valence-electron chi connectivity index (χ1n) is 6.09. The van der Waals surface area contributed by atoms with E-state index in [9.17, 15) is 22.4 Å². The Labute approximate surface area is 122 Å². The van der Waals surface area contributed by atoms with Gasteiger partial charge in [-0.15, -0.1) is 0 Å². The monoisotopic (exact) mass is 317 g/mol. The normalized spacial score (nSPS) is 12.8. The van der Waals surface area contributed by atoms with E-state index in [-0.39, 0.29) is 11.4 Å². The summed E-state index contributed by atoms with van der Waals surface area (Å²) >= 11 is 0. The number of urea groups is 1. The molecule has 2 amide bonds. The van der Waals surface area contributed by atoms with E-state index in [0.717, 1.165) is 24.3 Å². The van der Waals surface area contributed by atoms with Crippen LogP contribution in [0.3, 0.4) is 0 Å². The van der Waals surface area contributed by atoms with Crippen LogP contribution in [0.15, 0.2) is 34.9 Å². The van der Waals surface area contributed by atoms with Crippen molar-refractivity contribution in [1.82, 2.24) is 10.5 Å². The number of benzene rings is 1. The van der Waals surface area contributed by atoms with Crippen LogP contribution in [0.25, 0.3) is 0 Å². The van der Waals surface area contributed by atoms with Gasteiger partial charge in [0.05, 0.1) is 0 Å². The number of halogens is 4. The maximum absolute atomic E-state index is 13.0. The molecule has 0 bridgehead atoms. The molecule has 0 aliphatic rings. The van der Waals surface area contributed by atoms with Gasteiger partial charge in [0, 0.05) is 6.07 Å². The van der Waals surface area contributed by atoms with E-state index in [1.54, 1.807) is 12.2 Å². The van der Waals surface area contributed by atoms with Crippen molar-refractivity contribution in [3.8, 4) is 0 Å². The Morgan fingerprint density at radius 1 is 1.27 bits per heavy atom. The van der Waals surface area contributed by atoms with Gasteiger partial charge in [-0.3, -0.25) is 5.32 Å². The summed E-state index contributed by atoms with van der Waals surface area (Å²) in [5.74, 6) is -0.302. The zero-order valence-electron chi connectivity index (χ0n) is 11.2. The topological polar surface area (TPSA) is 67.2 Å². The van der Waals surface area contributed by atoms with Crippen LogP contribution in [0.2, 0.25) is 0 Å². The summed E-state index contributed by atoms with van der Waals surface area (Å²) in [7, 11) is 0. The molecular formula is C13H11F4N3O2. The van der Waals surface area contributed by atoms with Gasteiger partial charge in [-0.2, -0.15) is 13.2 Å². The highest BCUT2D eigenvalue weighted by Gasteiger charge is 2.42. The van der Waals surface area contributed by atoms with Gasteiger partial charge in [0.2, 0.25) is 0 Å². The number of amides is 2. The first kappa shape index (κ1) is 15.8. The molecule has 0 aliphatic carbocycles. The fraction of sp³-hybridized carbons (Fsp3) is 0.231. The average Bonchev–Trinajstić information content (AvgIpc) is 2.81. The maximum atomic E-state index is 13.0. The predicted octanol–water partition coefficient (Wildman–Crippen LogP) is 3.55. The minimum atomic E-state index is -4.74. The Morgan fingerprint density at radius 2 is 1.91 bits per heavy atom. The van der Waals surface area contributed by atoms with Crippen LogP contribution >= 0.6 is 0 Å². The minimum absolute atomic E-state index is 0.0185. The Hall–Kier alpha value is -2.58. The Balaban J connectivity index is 2.13. The Morgan fingerprint density at radius 3 is 2.41 bits per heavy atom. The second kappa shape index (κ2) is 6.04. The number of nitrogens with one attached hydrogen (secondary N) is 2. The van der Waals surface area contributed by atoms with Gasteiger partial charge in [-0.25, -0.2) is 9.18 Å². The highest BCUT2D eigenvalue weighted by molar-refractivity contribution is 5.88. The van der Waals surface area contributed by atoms with Crippen molar-refractivity contribution in [2.45, 2.75) is 19.1 Å². The van der Waals surface area contributed by atoms with E-state index in [4.69, 9.17) is 0 Å². The van der Waals surface area contributed by atoms with Crippen molar-refractivity contribution >= 4 is 11.8 Å². The molecular weight excluding hydrogens is 306 g/mol. The molecule has 0 fully saturated rings. The standard InChI is InChI=1S/C13H11F4N3O2/c1-7-6-10(20-22-7)18-12(21)19-11(13(15,16)17)8-2-4-9(14)5-3-8/h2-6,11H,1H3,(H2,18,19,20,21)/t11-/m1/s1. The molecule has 1 aromatic heterocycles. The molecule has 2 rings (SSSR count). The zero-order valence-corrected chi connectivity index (χ0v) is 11.2. The Kier molecular flexibility index (Phi) is 4.34. The molecule has 2 N–H and O–H groups in total. The lowest BCUT2D eigenvalue weighted by Gasteiger charge is -2.21. The van der Waals surface area contributed by atoms with Gasteiger partial charge in [-0.05, 0) is 24.6 Å². The fourth-order valence-corrected chi connectivity index (χ4v) is 1.72. The number of carbonyl (C=O) groups excluding carboxylic acids is 1. The molecule has 1 heterocycles. The molecule has 0 aliphatic heterocycles. The second-order valence-corrected chi connectivity index (χ2v) is 4.45. The SMILES string of the molecule is Cc1cc(NC(=O)N[C@H](c2ccc(F)cc2)C(F)(F)F)no1. The Bertz CT molecular complexity index is 652. The molecule has 0 saturated carbocycles. The quantitative estimate of drug-likeness (QED) is 0.851.